The molecule has 2 nitrogen and oxygen atoms in total. The van der Waals surface area contributed by atoms with E-state index < -0.39 is 0 Å². The van der Waals surface area contributed by atoms with Gasteiger partial charge in [-0.2, -0.15) is 0 Å². The van der Waals surface area contributed by atoms with Crippen molar-refractivity contribution in [3.05, 3.63) is 167 Å². The van der Waals surface area contributed by atoms with Crippen molar-refractivity contribution in [2.45, 2.75) is 92.9 Å². The van der Waals surface area contributed by atoms with Gasteiger partial charge >= 0.3 is 0 Å². The first-order valence-corrected chi connectivity index (χ1v) is 20.6. The van der Waals surface area contributed by atoms with E-state index in [1.807, 2.05) is 0 Å². The van der Waals surface area contributed by atoms with Crippen LogP contribution in [0.3, 0.4) is 0 Å². The summed E-state index contributed by atoms with van der Waals surface area (Å²) in [4.78, 5) is 5.00. The molecule has 56 heavy (non-hydrogen) atoms. The Morgan fingerprint density at radius 3 is 1.02 bits per heavy atom. The Labute approximate surface area is 334 Å². The monoisotopic (exact) mass is 732 g/mol. The van der Waals surface area contributed by atoms with Gasteiger partial charge in [0, 0.05) is 33.5 Å². The van der Waals surface area contributed by atoms with Crippen molar-refractivity contribution >= 4 is 66.4 Å². The summed E-state index contributed by atoms with van der Waals surface area (Å²) in [6.45, 7) is 22.9. The standard InChI is InChI=1S/C54H56N2/c1-33(2)39-19-23-41(24-20-39)55(49-17-13-11-15-37(49)9)51-29-27-43-46(36(7)8)32-48-52(30-28-44-45(35(5)6)31-47(51)53(43)54(44)48)56(50-18-14-12-16-38(50)10)42-25-21-40(22-26-42)34(3)4/h11-36H,1-10H3. The van der Waals surface area contributed by atoms with E-state index in [4.69, 9.17) is 0 Å². The Hall–Kier alpha value is -5.60. The van der Waals surface area contributed by atoms with Gasteiger partial charge in [-0.15, -0.1) is 0 Å². The molecule has 8 rings (SSSR count). The predicted octanol–water partition coefficient (Wildman–Crippen LogP) is 16.6. The summed E-state index contributed by atoms with van der Waals surface area (Å²) in [7, 11) is 0. The van der Waals surface area contributed by atoms with Gasteiger partial charge in [-0.05, 0) is 153 Å². The average molecular weight is 733 g/mol. The SMILES string of the molecule is Cc1ccccc1N(c1ccc(C(C)C)cc1)c1ccc2c(C(C)C)cc3c(N(c4ccc(C(C)C)cc4)c4ccccc4C)ccc4c(C(C)C)cc1c2c43. The Balaban J connectivity index is 1.50. The molecule has 0 atom stereocenters. The zero-order valence-electron chi connectivity index (χ0n) is 34.9. The number of anilines is 6. The minimum absolute atomic E-state index is 0.332. The van der Waals surface area contributed by atoms with E-state index in [0.29, 0.717) is 23.7 Å². The predicted molar refractivity (Wildman–Crippen MR) is 245 cm³/mol. The van der Waals surface area contributed by atoms with Crippen molar-refractivity contribution in [3.8, 4) is 0 Å². The zero-order chi connectivity index (χ0) is 39.4. The quantitative estimate of drug-likeness (QED) is 0.129. The number of nitrogens with zero attached hydrogens (tertiary/aromatic N) is 2. The second-order valence-electron chi connectivity index (χ2n) is 17.1. The minimum Gasteiger partial charge on any atom is -0.310 e. The molecule has 0 aliphatic rings. The smallest absolute Gasteiger partial charge is 0.0540 e. The fourth-order valence-corrected chi connectivity index (χ4v) is 8.80. The van der Waals surface area contributed by atoms with Gasteiger partial charge in [0.1, 0.15) is 0 Å². The number of para-hydroxylation sites is 2. The normalized spacial score (nSPS) is 12.0. The highest BCUT2D eigenvalue weighted by Gasteiger charge is 2.26. The highest BCUT2D eigenvalue weighted by molar-refractivity contribution is 6.29. The lowest BCUT2D eigenvalue weighted by atomic mass is 9.83. The van der Waals surface area contributed by atoms with Crippen molar-refractivity contribution in [1.29, 1.82) is 0 Å². The fraction of sp³-hybridized carbons (Fsp3) is 0.259. The van der Waals surface area contributed by atoms with Crippen molar-refractivity contribution in [2.24, 2.45) is 0 Å². The summed E-state index contributed by atoms with van der Waals surface area (Å²) in [5.41, 5.74) is 15.1. The van der Waals surface area contributed by atoms with Crippen LogP contribution in [0.4, 0.5) is 34.1 Å². The molecule has 0 aliphatic carbocycles. The maximum Gasteiger partial charge on any atom is 0.0540 e. The lowest BCUT2D eigenvalue weighted by molar-refractivity contribution is 0.866. The van der Waals surface area contributed by atoms with Gasteiger partial charge in [-0.1, -0.05) is 128 Å². The fourth-order valence-electron chi connectivity index (χ4n) is 8.80. The molecule has 0 saturated carbocycles. The molecule has 0 bridgehead atoms. The first-order chi connectivity index (χ1) is 26.9. The van der Waals surface area contributed by atoms with E-state index in [-0.39, 0.29) is 0 Å². The molecule has 0 amide bonds. The number of rotatable bonds is 10. The second-order valence-corrected chi connectivity index (χ2v) is 17.1. The van der Waals surface area contributed by atoms with Crippen LogP contribution in [0.25, 0.3) is 32.3 Å². The third kappa shape index (κ3) is 6.40. The molecular weight excluding hydrogens is 677 g/mol. The maximum atomic E-state index is 2.52. The van der Waals surface area contributed by atoms with E-state index in [0.717, 1.165) is 0 Å². The highest BCUT2D eigenvalue weighted by atomic mass is 15.2. The average Bonchev–Trinajstić information content (AvgIpc) is 3.19. The Morgan fingerprint density at radius 2 is 0.696 bits per heavy atom. The zero-order valence-corrected chi connectivity index (χ0v) is 34.9. The molecule has 0 aromatic heterocycles. The van der Waals surface area contributed by atoms with Gasteiger partial charge in [0.15, 0.2) is 0 Å². The molecule has 0 N–H and O–H groups in total. The number of hydrogen-bond acceptors (Lipinski definition) is 2. The molecule has 0 fully saturated rings. The summed E-state index contributed by atoms with van der Waals surface area (Å²) in [5.74, 6) is 1.60. The lowest BCUT2D eigenvalue weighted by Crippen LogP contribution is -2.13. The van der Waals surface area contributed by atoms with E-state index in [1.165, 1.54) is 99.8 Å². The molecule has 8 aromatic carbocycles. The Bertz CT molecular complexity index is 2470. The molecule has 2 heteroatoms. The van der Waals surface area contributed by atoms with Crippen molar-refractivity contribution < 1.29 is 0 Å². The highest BCUT2D eigenvalue weighted by Crippen LogP contribution is 2.51. The van der Waals surface area contributed by atoms with Gasteiger partial charge in [0.2, 0.25) is 0 Å². The second kappa shape index (κ2) is 14.8. The van der Waals surface area contributed by atoms with Crippen LogP contribution in [-0.4, -0.2) is 0 Å². The molecule has 8 aromatic rings. The van der Waals surface area contributed by atoms with Crippen LogP contribution in [0.1, 0.15) is 112 Å². The van der Waals surface area contributed by atoms with E-state index in [1.54, 1.807) is 0 Å². The lowest BCUT2D eigenvalue weighted by Gasteiger charge is -2.32. The van der Waals surface area contributed by atoms with E-state index in [2.05, 4.69) is 212 Å². The van der Waals surface area contributed by atoms with Crippen LogP contribution in [-0.2, 0) is 0 Å². The summed E-state index contributed by atoms with van der Waals surface area (Å²) < 4.78 is 0. The number of hydrogen-bond donors (Lipinski definition) is 0. The van der Waals surface area contributed by atoms with Crippen LogP contribution in [0.5, 0.6) is 0 Å². The van der Waals surface area contributed by atoms with Gasteiger partial charge in [0.25, 0.3) is 0 Å². The third-order valence-corrected chi connectivity index (χ3v) is 12.0. The van der Waals surface area contributed by atoms with Gasteiger partial charge in [-0.3, -0.25) is 0 Å². The van der Waals surface area contributed by atoms with Crippen LogP contribution in [0.2, 0.25) is 0 Å². The Morgan fingerprint density at radius 1 is 0.339 bits per heavy atom. The van der Waals surface area contributed by atoms with E-state index in [9.17, 15) is 0 Å². The maximum absolute atomic E-state index is 2.52. The molecule has 0 radical (unpaired) electrons. The minimum atomic E-state index is 0.332. The first-order valence-electron chi connectivity index (χ1n) is 20.6. The largest absolute Gasteiger partial charge is 0.310 e. The van der Waals surface area contributed by atoms with Crippen LogP contribution >= 0.6 is 0 Å². The first kappa shape index (κ1) is 37.3. The summed E-state index contributed by atoms with van der Waals surface area (Å²) >= 11 is 0. The molecular formula is C54H56N2. The molecule has 0 aliphatic heterocycles. The third-order valence-electron chi connectivity index (χ3n) is 12.0. The van der Waals surface area contributed by atoms with Crippen LogP contribution in [0, 0.1) is 13.8 Å². The molecule has 282 valence electrons. The van der Waals surface area contributed by atoms with Crippen molar-refractivity contribution in [1.82, 2.24) is 0 Å². The number of aryl methyl sites for hydroxylation is 2. The molecule has 0 saturated heterocycles. The summed E-state index contributed by atoms with van der Waals surface area (Å²) in [5, 5.41) is 7.97. The van der Waals surface area contributed by atoms with Crippen molar-refractivity contribution in [2.75, 3.05) is 9.80 Å². The van der Waals surface area contributed by atoms with E-state index >= 15 is 0 Å². The van der Waals surface area contributed by atoms with Crippen LogP contribution < -0.4 is 9.80 Å². The molecule has 0 spiro atoms. The molecule has 0 unspecified atom stereocenters. The summed E-state index contributed by atoms with van der Waals surface area (Å²) in [6, 6.07) is 50.7. The van der Waals surface area contributed by atoms with Gasteiger partial charge in [-0.25, -0.2) is 0 Å². The van der Waals surface area contributed by atoms with Crippen molar-refractivity contribution in [3.63, 3.8) is 0 Å². The van der Waals surface area contributed by atoms with Gasteiger partial charge in [0.05, 0.1) is 11.4 Å². The van der Waals surface area contributed by atoms with Crippen LogP contribution in [0.15, 0.2) is 133 Å². The number of benzene rings is 8. The van der Waals surface area contributed by atoms with Gasteiger partial charge < -0.3 is 9.80 Å². The summed E-state index contributed by atoms with van der Waals surface area (Å²) in [6.07, 6.45) is 0. The topological polar surface area (TPSA) is 6.48 Å². The molecule has 0 heterocycles. The Kier molecular flexibility index (Phi) is 9.87.